The molecule has 3 N–H and O–H groups in total. The maximum atomic E-state index is 12.8. The first-order valence-electron chi connectivity index (χ1n) is 4.52. The van der Waals surface area contributed by atoms with Gasteiger partial charge in [0, 0.05) is 13.2 Å². The van der Waals surface area contributed by atoms with Gasteiger partial charge in [0.2, 0.25) is 0 Å². The number of rotatable bonds is 4. The van der Waals surface area contributed by atoms with E-state index in [1.807, 2.05) is 0 Å². The van der Waals surface area contributed by atoms with Crippen molar-refractivity contribution in [3.63, 3.8) is 0 Å². The lowest BCUT2D eigenvalue weighted by molar-refractivity contribution is 0.0948. The van der Waals surface area contributed by atoms with Crippen LogP contribution in [0.1, 0.15) is 16.8 Å². The van der Waals surface area contributed by atoms with Crippen LogP contribution in [0, 0.1) is 5.82 Å². The van der Waals surface area contributed by atoms with Crippen LogP contribution < -0.4 is 5.32 Å². The van der Waals surface area contributed by atoms with Crippen LogP contribution in [0.25, 0.3) is 0 Å². The summed E-state index contributed by atoms with van der Waals surface area (Å²) < 4.78 is 12.8. The molecule has 1 amide bonds. The van der Waals surface area contributed by atoms with Gasteiger partial charge in [0.05, 0.1) is 5.56 Å². The molecule has 1 aromatic rings. The normalized spacial score (nSPS) is 10.0. The van der Waals surface area contributed by atoms with Crippen molar-refractivity contribution in [1.29, 1.82) is 0 Å². The molecule has 0 atom stereocenters. The average Bonchev–Trinajstić information content (AvgIpc) is 2.22. The number of carbonyl (C=O) groups is 1. The minimum Gasteiger partial charge on any atom is -0.507 e. The quantitative estimate of drug-likeness (QED) is 0.643. The highest BCUT2D eigenvalue weighted by molar-refractivity contribution is 5.96. The van der Waals surface area contributed by atoms with E-state index < -0.39 is 11.7 Å². The standard InChI is InChI=1S/C10H12FNO3/c11-7-2-3-9(14)8(6-7)10(15)12-4-1-5-13/h2-3,6,13-14H,1,4-5H2,(H,12,15). The molecule has 4 nitrogen and oxygen atoms in total. The maximum absolute atomic E-state index is 12.8. The van der Waals surface area contributed by atoms with Gasteiger partial charge in [-0.15, -0.1) is 0 Å². The van der Waals surface area contributed by atoms with Gasteiger partial charge in [0.25, 0.3) is 5.91 Å². The highest BCUT2D eigenvalue weighted by Crippen LogP contribution is 2.17. The average molecular weight is 213 g/mol. The van der Waals surface area contributed by atoms with Crippen molar-refractivity contribution in [3.05, 3.63) is 29.6 Å². The summed E-state index contributed by atoms with van der Waals surface area (Å²) in [5.74, 6) is -1.40. The third kappa shape index (κ3) is 3.21. The molecule has 0 aromatic heterocycles. The van der Waals surface area contributed by atoms with Crippen LogP contribution in [-0.4, -0.2) is 29.3 Å². The molecule has 82 valence electrons. The molecule has 0 saturated carbocycles. The summed E-state index contributed by atoms with van der Waals surface area (Å²) in [5.41, 5.74) is -0.104. The van der Waals surface area contributed by atoms with Crippen molar-refractivity contribution in [3.8, 4) is 5.75 Å². The number of phenolic OH excluding ortho intramolecular Hbond substituents is 1. The summed E-state index contributed by atoms with van der Waals surface area (Å²) in [6, 6.07) is 3.15. The van der Waals surface area contributed by atoms with Gasteiger partial charge >= 0.3 is 0 Å². The van der Waals surface area contributed by atoms with Crippen LogP contribution in [0.15, 0.2) is 18.2 Å². The minimum absolute atomic E-state index is 0.0323. The summed E-state index contributed by atoms with van der Waals surface area (Å²) in [6.45, 7) is 0.251. The van der Waals surface area contributed by atoms with Crippen LogP contribution in [0.3, 0.4) is 0 Å². The third-order valence-electron chi connectivity index (χ3n) is 1.82. The second kappa shape index (κ2) is 5.31. The number of amides is 1. The Bertz CT molecular complexity index is 355. The molecule has 0 heterocycles. The highest BCUT2D eigenvalue weighted by Gasteiger charge is 2.11. The molecule has 0 aliphatic heterocycles. The van der Waals surface area contributed by atoms with E-state index in [-0.39, 0.29) is 24.5 Å². The Hall–Kier alpha value is -1.62. The van der Waals surface area contributed by atoms with Crippen molar-refractivity contribution in [1.82, 2.24) is 5.32 Å². The summed E-state index contributed by atoms with van der Waals surface area (Å²) >= 11 is 0. The van der Waals surface area contributed by atoms with Crippen LogP contribution in [0.4, 0.5) is 4.39 Å². The Balaban J connectivity index is 2.68. The number of aromatic hydroxyl groups is 1. The first kappa shape index (κ1) is 11.5. The second-order valence-electron chi connectivity index (χ2n) is 2.99. The lowest BCUT2D eigenvalue weighted by Gasteiger charge is -2.05. The van der Waals surface area contributed by atoms with Crippen molar-refractivity contribution >= 4 is 5.91 Å². The van der Waals surface area contributed by atoms with Crippen molar-refractivity contribution in [2.45, 2.75) is 6.42 Å². The number of carbonyl (C=O) groups excluding carboxylic acids is 1. The first-order valence-corrected chi connectivity index (χ1v) is 4.52. The van der Waals surface area contributed by atoms with E-state index in [4.69, 9.17) is 5.11 Å². The fourth-order valence-electron chi connectivity index (χ4n) is 1.07. The van der Waals surface area contributed by atoms with Gasteiger partial charge in [-0.05, 0) is 24.6 Å². The number of halogens is 1. The Morgan fingerprint density at radius 2 is 2.20 bits per heavy atom. The SMILES string of the molecule is O=C(NCCCO)c1cc(F)ccc1O. The predicted molar refractivity (Wildman–Crippen MR) is 52.1 cm³/mol. The number of hydrogen-bond donors (Lipinski definition) is 3. The smallest absolute Gasteiger partial charge is 0.255 e. The van der Waals surface area contributed by atoms with Gasteiger partial charge in [-0.3, -0.25) is 4.79 Å². The number of hydrogen-bond acceptors (Lipinski definition) is 3. The number of nitrogens with one attached hydrogen (secondary N) is 1. The molecule has 1 rings (SSSR count). The molecule has 0 radical (unpaired) electrons. The lowest BCUT2D eigenvalue weighted by Crippen LogP contribution is -2.25. The first-order chi connectivity index (χ1) is 7.15. The predicted octanol–water partition coefficient (Wildman–Crippen LogP) is 0.643. The maximum Gasteiger partial charge on any atom is 0.255 e. The molecule has 0 saturated heterocycles. The summed E-state index contributed by atoms with van der Waals surface area (Å²) in [4.78, 5) is 11.4. The fourth-order valence-corrected chi connectivity index (χ4v) is 1.07. The van der Waals surface area contributed by atoms with E-state index in [0.29, 0.717) is 6.42 Å². The van der Waals surface area contributed by atoms with E-state index in [2.05, 4.69) is 5.32 Å². The fraction of sp³-hybridized carbons (Fsp3) is 0.300. The zero-order chi connectivity index (χ0) is 11.3. The molecule has 0 fully saturated rings. The minimum atomic E-state index is -0.583. The van der Waals surface area contributed by atoms with Crippen molar-refractivity contribution < 1.29 is 19.4 Å². The van der Waals surface area contributed by atoms with Gasteiger partial charge in [0.15, 0.2) is 0 Å². The zero-order valence-corrected chi connectivity index (χ0v) is 8.03. The zero-order valence-electron chi connectivity index (χ0n) is 8.03. The van der Waals surface area contributed by atoms with Crippen LogP contribution in [0.2, 0.25) is 0 Å². The lowest BCUT2D eigenvalue weighted by atomic mass is 10.2. The molecule has 0 aliphatic carbocycles. The Labute approximate surface area is 86.4 Å². The molecular formula is C10H12FNO3. The molecule has 15 heavy (non-hydrogen) atoms. The largest absolute Gasteiger partial charge is 0.507 e. The van der Waals surface area contributed by atoms with Gasteiger partial charge < -0.3 is 15.5 Å². The highest BCUT2D eigenvalue weighted by atomic mass is 19.1. The third-order valence-corrected chi connectivity index (χ3v) is 1.82. The van der Waals surface area contributed by atoms with Crippen LogP contribution in [-0.2, 0) is 0 Å². The van der Waals surface area contributed by atoms with Gasteiger partial charge in [-0.25, -0.2) is 4.39 Å². The van der Waals surface area contributed by atoms with Crippen LogP contribution in [0.5, 0.6) is 5.75 Å². The summed E-state index contributed by atoms with van der Waals surface area (Å²) in [5, 5.41) is 20.2. The molecule has 0 unspecified atom stereocenters. The van der Waals surface area contributed by atoms with Crippen molar-refractivity contribution in [2.24, 2.45) is 0 Å². The van der Waals surface area contributed by atoms with Gasteiger partial charge in [0.1, 0.15) is 11.6 Å². The second-order valence-corrected chi connectivity index (χ2v) is 2.99. The van der Waals surface area contributed by atoms with E-state index in [0.717, 1.165) is 18.2 Å². The van der Waals surface area contributed by atoms with E-state index in [9.17, 15) is 14.3 Å². The summed E-state index contributed by atoms with van der Waals surface area (Å²) in [6.07, 6.45) is 0.418. The monoisotopic (exact) mass is 213 g/mol. The van der Waals surface area contributed by atoms with Gasteiger partial charge in [-0.2, -0.15) is 0 Å². The Morgan fingerprint density at radius 3 is 2.87 bits per heavy atom. The van der Waals surface area contributed by atoms with Crippen LogP contribution >= 0.6 is 0 Å². The number of benzene rings is 1. The molecule has 0 spiro atoms. The Kier molecular flexibility index (Phi) is 4.05. The van der Waals surface area contributed by atoms with Gasteiger partial charge in [-0.1, -0.05) is 0 Å². The van der Waals surface area contributed by atoms with E-state index >= 15 is 0 Å². The summed E-state index contributed by atoms with van der Waals surface area (Å²) in [7, 11) is 0. The number of aliphatic hydroxyl groups excluding tert-OH is 1. The molecule has 5 heteroatoms. The van der Waals surface area contributed by atoms with Crippen molar-refractivity contribution in [2.75, 3.05) is 13.2 Å². The number of aliphatic hydroxyl groups is 1. The molecule has 0 aliphatic rings. The molecular weight excluding hydrogens is 201 g/mol. The topological polar surface area (TPSA) is 69.6 Å². The number of phenols is 1. The van der Waals surface area contributed by atoms with E-state index in [1.165, 1.54) is 0 Å². The molecule has 1 aromatic carbocycles. The van der Waals surface area contributed by atoms with E-state index in [1.54, 1.807) is 0 Å². The Morgan fingerprint density at radius 1 is 1.47 bits per heavy atom. The molecule has 0 bridgehead atoms.